The average molecular weight is 383 g/mol. The number of hydrogen-bond acceptors (Lipinski definition) is 4. The summed E-state index contributed by atoms with van der Waals surface area (Å²) in [7, 11) is 3.25. The lowest BCUT2D eigenvalue weighted by atomic mass is 10.1. The summed E-state index contributed by atoms with van der Waals surface area (Å²) in [6, 6.07) is 1.79. The molecule has 2 heterocycles. The molecule has 5 nitrogen and oxygen atoms in total. The number of aromatic nitrogens is 3. The monoisotopic (exact) mass is 381 g/mol. The first-order valence-electron chi connectivity index (χ1n) is 6.53. The van der Waals surface area contributed by atoms with Crippen LogP contribution in [0.25, 0.3) is 11.2 Å². The van der Waals surface area contributed by atoms with Gasteiger partial charge in [0, 0.05) is 12.5 Å². The maximum absolute atomic E-state index is 6.28. The molecule has 1 aliphatic rings. The van der Waals surface area contributed by atoms with E-state index in [2.05, 4.69) is 26.0 Å². The van der Waals surface area contributed by atoms with E-state index in [1.165, 1.54) is 0 Å². The zero-order valence-corrected chi connectivity index (χ0v) is 14.3. The maximum atomic E-state index is 6.28. The second kappa shape index (κ2) is 6.14. The van der Waals surface area contributed by atoms with Crippen LogP contribution in [0.1, 0.15) is 12.1 Å². The number of allylic oxidation sites excluding steroid dienone is 4. The van der Waals surface area contributed by atoms with Crippen molar-refractivity contribution in [1.29, 1.82) is 0 Å². The fourth-order valence-corrected chi connectivity index (χ4v) is 2.81. The Morgan fingerprint density at radius 1 is 1.27 bits per heavy atom. The van der Waals surface area contributed by atoms with E-state index in [0.29, 0.717) is 23.0 Å². The van der Waals surface area contributed by atoms with Crippen molar-refractivity contribution < 1.29 is 9.47 Å². The van der Waals surface area contributed by atoms with Gasteiger partial charge in [-0.2, -0.15) is 5.10 Å². The van der Waals surface area contributed by atoms with Gasteiger partial charge in [0.25, 0.3) is 0 Å². The van der Waals surface area contributed by atoms with Crippen molar-refractivity contribution in [2.75, 3.05) is 14.2 Å². The molecule has 0 fully saturated rings. The normalized spacial score (nSPS) is 15.0. The Balaban J connectivity index is 2.05. The molecule has 0 bridgehead atoms. The van der Waals surface area contributed by atoms with E-state index in [0.717, 1.165) is 21.5 Å². The predicted molar refractivity (Wildman–Crippen MR) is 88.5 cm³/mol. The first-order chi connectivity index (χ1) is 10.6. The van der Waals surface area contributed by atoms with Crippen molar-refractivity contribution >= 4 is 38.8 Å². The molecule has 0 atom stereocenters. The van der Waals surface area contributed by atoms with Crippen molar-refractivity contribution in [3.63, 3.8) is 0 Å². The first-order valence-corrected chi connectivity index (χ1v) is 7.70. The molecular formula is C15H13BrClN3O2. The van der Waals surface area contributed by atoms with Crippen molar-refractivity contribution in [3.05, 3.63) is 57.3 Å². The largest absolute Gasteiger partial charge is 0.497 e. The summed E-state index contributed by atoms with van der Waals surface area (Å²) in [4.78, 5) is 4.61. The molecule has 0 radical (unpaired) electrons. The summed E-state index contributed by atoms with van der Waals surface area (Å²) in [5, 5.41) is 4.66. The minimum absolute atomic E-state index is 0.496. The van der Waals surface area contributed by atoms with Crippen LogP contribution in [0.2, 0.25) is 5.15 Å². The number of hydrogen-bond donors (Lipinski definition) is 0. The standard InChI is InChI=1S/C15H13BrClN3O2/c1-21-12-5-3-9(4-6-13(12)22-2)11-7-14(17)20-15(19-11)10(16)8-18-20/h3-5,7-8H,6H2,1-2H3. The molecule has 2 aromatic heterocycles. The molecule has 0 aliphatic heterocycles. The Labute approximate surface area is 141 Å². The van der Waals surface area contributed by atoms with E-state index in [9.17, 15) is 0 Å². The van der Waals surface area contributed by atoms with Crippen LogP contribution in [0.15, 0.2) is 46.5 Å². The van der Waals surface area contributed by atoms with Crippen LogP contribution in [0.3, 0.4) is 0 Å². The van der Waals surface area contributed by atoms with Gasteiger partial charge in [-0.3, -0.25) is 0 Å². The lowest BCUT2D eigenvalue weighted by Crippen LogP contribution is -1.96. The molecule has 22 heavy (non-hydrogen) atoms. The summed E-state index contributed by atoms with van der Waals surface area (Å²) >= 11 is 9.70. The fraction of sp³-hybridized carbons (Fsp3) is 0.200. The van der Waals surface area contributed by atoms with Crippen LogP contribution >= 0.6 is 27.5 Å². The van der Waals surface area contributed by atoms with Gasteiger partial charge in [-0.1, -0.05) is 17.7 Å². The Hall–Kier alpha value is -1.79. The topological polar surface area (TPSA) is 48.7 Å². The molecule has 2 aromatic rings. The Kier molecular flexibility index (Phi) is 4.22. The number of fused-ring (bicyclic) bond motifs is 1. The first kappa shape index (κ1) is 15.1. The Morgan fingerprint density at radius 2 is 2.09 bits per heavy atom. The van der Waals surface area contributed by atoms with Crippen LogP contribution < -0.4 is 0 Å². The molecule has 1 aliphatic carbocycles. The highest BCUT2D eigenvalue weighted by Crippen LogP contribution is 2.27. The second-order valence-electron chi connectivity index (χ2n) is 4.58. The van der Waals surface area contributed by atoms with Crippen LogP contribution in [0.5, 0.6) is 0 Å². The van der Waals surface area contributed by atoms with Gasteiger partial charge in [0.15, 0.2) is 11.4 Å². The summed E-state index contributed by atoms with van der Waals surface area (Å²) in [6.07, 6.45) is 8.11. The van der Waals surface area contributed by atoms with Gasteiger partial charge in [0.2, 0.25) is 0 Å². The highest BCUT2D eigenvalue weighted by atomic mass is 79.9. The molecule has 0 saturated heterocycles. The van der Waals surface area contributed by atoms with Crippen LogP contribution in [0.4, 0.5) is 0 Å². The quantitative estimate of drug-likeness (QED) is 0.753. The molecule has 0 aromatic carbocycles. The van der Waals surface area contributed by atoms with Crippen molar-refractivity contribution in [2.24, 2.45) is 0 Å². The third-order valence-electron chi connectivity index (χ3n) is 3.34. The van der Waals surface area contributed by atoms with Gasteiger partial charge >= 0.3 is 0 Å². The number of rotatable bonds is 3. The summed E-state index contributed by atoms with van der Waals surface area (Å²) in [6.45, 7) is 0. The third-order valence-corrected chi connectivity index (χ3v) is 4.17. The number of methoxy groups -OCH3 is 2. The minimum atomic E-state index is 0.496. The summed E-state index contributed by atoms with van der Waals surface area (Å²) in [5.74, 6) is 1.47. The lowest BCUT2D eigenvalue weighted by molar-refractivity contribution is 0.227. The van der Waals surface area contributed by atoms with E-state index in [4.69, 9.17) is 21.1 Å². The molecule has 0 amide bonds. The van der Waals surface area contributed by atoms with E-state index in [1.54, 1.807) is 31.0 Å². The van der Waals surface area contributed by atoms with Crippen LogP contribution in [0, 0.1) is 0 Å². The number of nitrogens with zero attached hydrogens (tertiary/aromatic N) is 3. The summed E-state index contributed by atoms with van der Waals surface area (Å²) in [5.41, 5.74) is 2.38. The highest BCUT2D eigenvalue weighted by molar-refractivity contribution is 9.10. The van der Waals surface area contributed by atoms with Crippen LogP contribution in [-0.2, 0) is 9.47 Å². The zero-order valence-electron chi connectivity index (χ0n) is 12.0. The lowest BCUT2D eigenvalue weighted by Gasteiger charge is -2.06. The van der Waals surface area contributed by atoms with Crippen molar-refractivity contribution in [3.8, 4) is 0 Å². The van der Waals surface area contributed by atoms with Gasteiger partial charge in [-0.25, -0.2) is 9.50 Å². The molecule has 114 valence electrons. The van der Waals surface area contributed by atoms with Gasteiger partial charge in [0.1, 0.15) is 10.9 Å². The number of ether oxygens (including phenoxy) is 2. The van der Waals surface area contributed by atoms with Gasteiger partial charge < -0.3 is 9.47 Å². The molecule has 0 saturated carbocycles. The van der Waals surface area contributed by atoms with Crippen molar-refractivity contribution in [1.82, 2.24) is 14.6 Å². The zero-order chi connectivity index (χ0) is 15.7. The third kappa shape index (κ3) is 2.64. The predicted octanol–water partition coefficient (Wildman–Crippen LogP) is 3.99. The molecule has 0 spiro atoms. The van der Waals surface area contributed by atoms with Gasteiger partial charge in [0.05, 0.1) is 30.6 Å². The van der Waals surface area contributed by atoms with Crippen LogP contribution in [-0.4, -0.2) is 28.8 Å². The fourth-order valence-electron chi connectivity index (χ4n) is 2.23. The molecule has 7 heteroatoms. The van der Waals surface area contributed by atoms with E-state index >= 15 is 0 Å². The molecule has 0 unspecified atom stereocenters. The molecular weight excluding hydrogens is 370 g/mol. The Morgan fingerprint density at radius 3 is 2.82 bits per heavy atom. The van der Waals surface area contributed by atoms with Gasteiger partial charge in [-0.15, -0.1) is 0 Å². The maximum Gasteiger partial charge on any atom is 0.171 e. The minimum Gasteiger partial charge on any atom is -0.497 e. The van der Waals surface area contributed by atoms with E-state index in [-0.39, 0.29) is 0 Å². The molecule has 0 N–H and O–H groups in total. The molecule has 3 rings (SSSR count). The SMILES string of the molecule is COC1=C(OC)CC=C(c2cc(Cl)n3ncc(Br)c3n2)C=C1. The average Bonchev–Trinajstić information content (AvgIpc) is 2.78. The second-order valence-corrected chi connectivity index (χ2v) is 5.83. The van der Waals surface area contributed by atoms with Gasteiger partial charge in [-0.05, 0) is 33.7 Å². The van der Waals surface area contributed by atoms with Crippen molar-refractivity contribution in [2.45, 2.75) is 6.42 Å². The smallest absolute Gasteiger partial charge is 0.171 e. The highest BCUT2D eigenvalue weighted by Gasteiger charge is 2.13. The summed E-state index contributed by atoms with van der Waals surface area (Å²) < 4.78 is 13.0. The van der Waals surface area contributed by atoms with E-state index in [1.807, 2.05) is 18.2 Å². The Bertz CT molecular complexity index is 824. The van der Waals surface area contributed by atoms with E-state index < -0.39 is 0 Å². The number of halogens is 2.